The number of benzene rings is 1. The summed E-state index contributed by atoms with van der Waals surface area (Å²) in [7, 11) is 0. The number of amides is 1. The molecular weight excluding hydrogens is 250 g/mol. The molecule has 3 nitrogen and oxygen atoms in total. The van der Waals surface area contributed by atoms with Gasteiger partial charge in [-0.05, 0) is 43.6 Å². The van der Waals surface area contributed by atoms with E-state index in [0.29, 0.717) is 5.92 Å². The maximum absolute atomic E-state index is 12.4. The van der Waals surface area contributed by atoms with Crippen LogP contribution in [0.4, 0.5) is 0 Å². The molecular formula is C17H25NO2. The minimum Gasteiger partial charge on any atom is -0.396 e. The lowest BCUT2D eigenvalue weighted by molar-refractivity contribution is -0.123. The summed E-state index contributed by atoms with van der Waals surface area (Å²) in [5.41, 5.74) is 1.09. The lowest BCUT2D eigenvalue weighted by atomic mass is 9.86. The maximum Gasteiger partial charge on any atom is 0.227 e. The summed E-state index contributed by atoms with van der Waals surface area (Å²) < 4.78 is 0. The third kappa shape index (κ3) is 3.83. The smallest absolute Gasteiger partial charge is 0.227 e. The van der Waals surface area contributed by atoms with Gasteiger partial charge >= 0.3 is 0 Å². The first-order chi connectivity index (χ1) is 9.74. The Morgan fingerprint density at radius 3 is 2.45 bits per heavy atom. The number of hydrogen-bond donors (Lipinski definition) is 2. The summed E-state index contributed by atoms with van der Waals surface area (Å²) in [4.78, 5) is 12.4. The van der Waals surface area contributed by atoms with Crippen LogP contribution in [0.3, 0.4) is 0 Å². The fourth-order valence-electron chi connectivity index (χ4n) is 3.05. The Hall–Kier alpha value is -1.35. The highest BCUT2D eigenvalue weighted by Crippen LogP contribution is 2.25. The molecule has 1 amide bonds. The van der Waals surface area contributed by atoms with Crippen molar-refractivity contribution in [1.82, 2.24) is 5.32 Å². The topological polar surface area (TPSA) is 49.3 Å². The van der Waals surface area contributed by atoms with Crippen molar-refractivity contribution in [1.29, 1.82) is 0 Å². The molecule has 1 unspecified atom stereocenters. The quantitative estimate of drug-likeness (QED) is 0.868. The minimum absolute atomic E-state index is 0.0493. The fourth-order valence-corrected chi connectivity index (χ4v) is 3.05. The van der Waals surface area contributed by atoms with E-state index in [0.717, 1.165) is 37.7 Å². The van der Waals surface area contributed by atoms with Crippen LogP contribution in [0.15, 0.2) is 30.3 Å². The average Bonchev–Trinajstić information content (AvgIpc) is 2.50. The Kier molecular flexibility index (Phi) is 5.60. The van der Waals surface area contributed by atoms with Crippen LogP contribution in [-0.4, -0.2) is 23.7 Å². The average molecular weight is 275 g/mol. The molecule has 1 aromatic rings. The molecule has 1 atom stereocenters. The Labute approximate surface area is 121 Å². The van der Waals surface area contributed by atoms with Gasteiger partial charge in [0, 0.05) is 12.6 Å². The standard InChI is InChI=1S/C17H25NO2/c1-2-16(14-6-4-3-5-7-14)17(20)18-15-10-8-13(12-19)9-11-15/h3-7,13,15-16,19H,2,8-12H2,1H3,(H,18,20). The van der Waals surface area contributed by atoms with E-state index in [1.165, 1.54) is 0 Å². The maximum atomic E-state index is 12.4. The van der Waals surface area contributed by atoms with Gasteiger partial charge in [0.2, 0.25) is 5.91 Å². The monoisotopic (exact) mass is 275 g/mol. The summed E-state index contributed by atoms with van der Waals surface area (Å²) in [6.45, 7) is 2.34. The lowest BCUT2D eigenvalue weighted by Crippen LogP contribution is -2.40. The molecule has 1 saturated carbocycles. The van der Waals surface area contributed by atoms with Crippen LogP contribution >= 0.6 is 0 Å². The van der Waals surface area contributed by atoms with Crippen molar-refractivity contribution < 1.29 is 9.90 Å². The highest BCUT2D eigenvalue weighted by molar-refractivity contribution is 5.83. The Balaban J connectivity index is 1.90. The first-order valence-corrected chi connectivity index (χ1v) is 7.70. The molecule has 0 saturated heterocycles. The summed E-state index contributed by atoms with van der Waals surface area (Å²) in [6, 6.07) is 10.3. The van der Waals surface area contributed by atoms with Crippen LogP contribution in [0.25, 0.3) is 0 Å². The van der Waals surface area contributed by atoms with E-state index < -0.39 is 0 Å². The Bertz CT molecular complexity index is 410. The lowest BCUT2D eigenvalue weighted by Gasteiger charge is -2.29. The van der Waals surface area contributed by atoms with Crippen molar-refractivity contribution >= 4 is 5.91 Å². The zero-order valence-electron chi connectivity index (χ0n) is 12.2. The second-order valence-corrected chi connectivity index (χ2v) is 5.78. The first-order valence-electron chi connectivity index (χ1n) is 7.70. The van der Waals surface area contributed by atoms with Crippen molar-refractivity contribution in [2.75, 3.05) is 6.61 Å². The summed E-state index contributed by atoms with van der Waals surface area (Å²) in [6.07, 6.45) is 4.83. The normalized spacial score (nSPS) is 24.1. The molecule has 1 aliphatic rings. The van der Waals surface area contributed by atoms with E-state index in [2.05, 4.69) is 12.2 Å². The molecule has 3 heteroatoms. The third-order valence-corrected chi connectivity index (χ3v) is 4.38. The molecule has 110 valence electrons. The van der Waals surface area contributed by atoms with Crippen LogP contribution < -0.4 is 5.32 Å². The van der Waals surface area contributed by atoms with Crippen molar-refractivity contribution in [3.05, 3.63) is 35.9 Å². The molecule has 0 aliphatic heterocycles. The van der Waals surface area contributed by atoms with Crippen LogP contribution in [-0.2, 0) is 4.79 Å². The van der Waals surface area contributed by atoms with Gasteiger partial charge in [0.25, 0.3) is 0 Å². The SMILES string of the molecule is CCC(C(=O)NC1CCC(CO)CC1)c1ccccc1. The minimum atomic E-state index is -0.0493. The zero-order valence-corrected chi connectivity index (χ0v) is 12.2. The van der Waals surface area contributed by atoms with Gasteiger partial charge in [0.1, 0.15) is 0 Å². The Morgan fingerprint density at radius 2 is 1.90 bits per heavy atom. The molecule has 0 bridgehead atoms. The third-order valence-electron chi connectivity index (χ3n) is 4.38. The number of aliphatic hydroxyl groups excluding tert-OH is 1. The van der Waals surface area contributed by atoms with Crippen LogP contribution in [0, 0.1) is 5.92 Å². The summed E-state index contributed by atoms with van der Waals surface area (Å²) in [5.74, 6) is 0.525. The van der Waals surface area contributed by atoms with Gasteiger partial charge in [-0.3, -0.25) is 4.79 Å². The zero-order chi connectivity index (χ0) is 14.4. The van der Waals surface area contributed by atoms with Gasteiger partial charge in [-0.1, -0.05) is 37.3 Å². The molecule has 1 aliphatic carbocycles. The summed E-state index contributed by atoms with van der Waals surface area (Å²) >= 11 is 0. The van der Waals surface area contributed by atoms with E-state index in [1.54, 1.807) is 0 Å². The number of nitrogens with one attached hydrogen (secondary N) is 1. The van der Waals surface area contributed by atoms with E-state index in [9.17, 15) is 4.79 Å². The number of hydrogen-bond acceptors (Lipinski definition) is 2. The molecule has 0 aromatic heterocycles. The van der Waals surface area contributed by atoms with E-state index in [4.69, 9.17) is 5.11 Å². The van der Waals surface area contributed by atoms with Crippen molar-refractivity contribution in [2.45, 2.75) is 51.0 Å². The van der Waals surface area contributed by atoms with Gasteiger partial charge in [0.05, 0.1) is 5.92 Å². The molecule has 0 spiro atoms. The number of rotatable bonds is 5. The number of carbonyl (C=O) groups is 1. The van der Waals surface area contributed by atoms with E-state index in [-0.39, 0.29) is 24.5 Å². The molecule has 2 N–H and O–H groups in total. The highest BCUT2D eigenvalue weighted by Gasteiger charge is 2.25. The Morgan fingerprint density at radius 1 is 1.25 bits per heavy atom. The second-order valence-electron chi connectivity index (χ2n) is 5.78. The van der Waals surface area contributed by atoms with Gasteiger partial charge in [-0.2, -0.15) is 0 Å². The van der Waals surface area contributed by atoms with Gasteiger partial charge in [0.15, 0.2) is 0 Å². The molecule has 0 heterocycles. The van der Waals surface area contributed by atoms with Crippen LogP contribution in [0.1, 0.15) is 50.5 Å². The number of aliphatic hydroxyl groups is 1. The van der Waals surface area contributed by atoms with E-state index in [1.807, 2.05) is 30.3 Å². The molecule has 1 aromatic carbocycles. The van der Waals surface area contributed by atoms with Crippen LogP contribution in [0.5, 0.6) is 0 Å². The first kappa shape index (κ1) is 15.0. The predicted molar refractivity (Wildman–Crippen MR) is 80.4 cm³/mol. The largest absolute Gasteiger partial charge is 0.396 e. The van der Waals surface area contributed by atoms with Crippen molar-refractivity contribution in [3.63, 3.8) is 0 Å². The van der Waals surface area contributed by atoms with Gasteiger partial charge in [-0.25, -0.2) is 0 Å². The summed E-state index contributed by atoms with van der Waals surface area (Å²) in [5, 5.41) is 12.3. The van der Waals surface area contributed by atoms with Gasteiger partial charge in [-0.15, -0.1) is 0 Å². The fraction of sp³-hybridized carbons (Fsp3) is 0.588. The molecule has 0 radical (unpaired) electrons. The van der Waals surface area contributed by atoms with Gasteiger partial charge < -0.3 is 10.4 Å². The predicted octanol–water partition coefficient (Wildman–Crippen LogP) is 2.85. The van der Waals surface area contributed by atoms with E-state index >= 15 is 0 Å². The van der Waals surface area contributed by atoms with Crippen molar-refractivity contribution in [3.8, 4) is 0 Å². The molecule has 1 fully saturated rings. The second kappa shape index (κ2) is 7.44. The van der Waals surface area contributed by atoms with Crippen molar-refractivity contribution in [2.24, 2.45) is 5.92 Å². The molecule has 2 rings (SSSR count). The highest BCUT2D eigenvalue weighted by atomic mass is 16.3. The molecule has 20 heavy (non-hydrogen) atoms. The number of carbonyl (C=O) groups excluding carboxylic acids is 1. The van der Waals surface area contributed by atoms with Crippen LogP contribution in [0.2, 0.25) is 0 Å².